The molecule has 0 unspecified atom stereocenters. The lowest BCUT2D eigenvalue weighted by Gasteiger charge is -2.10. The SMILES string of the molecule is NC(=O)CCNc1cc(-c2ccccc2F)nc2c(Br)cnn12. The molecule has 2 aromatic heterocycles. The van der Waals surface area contributed by atoms with E-state index in [1.807, 2.05) is 0 Å². The summed E-state index contributed by atoms with van der Waals surface area (Å²) in [6.45, 7) is 0.350. The average molecular weight is 378 g/mol. The molecular weight excluding hydrogens is 365 g/mol. The van der Waals surface area contributed by atoms with Crippen molar-refractivity contribution in [1.29, 1.82) is 0 Å². The van der Waals surface area contributed by atoms with Crippen molar-refractivity contribution in [2.75, 3.05) is 11.9 Å². The van der Waals surface area contributed by atoms with Gasteiger partial charge in [-0.25, -0.2) is 9.37 Å². The number of hydrogen-bond donors (Lipinski definition) is 2. The Morgan fingerprint density at radius 1 is 1.39 bits per heavy atom. The summed E-state index contributed by atoms with van der Waals surface area (Å²) < 4.78 is 16.3. The fraction of sp³-hybridized carbons (Fsp3) is 0.133. The van der Waals surface area contributed by atoms with E-state index in [1.165, 1.54) is 6.07 Å². The fourth-order valence-corrected chi connectivity index (χ4v) is 2.53. The third-order valence-electron chi connectivity index (χ3n) is 3.26. The summed E-state index contributed by atoms with van der Waals surface area (Å²) in [7, 11) is 0. The molecule has 0 aliphatic rings. The Morgan fingerprint density at radius 3 is 2.91 bits per heavy atom. The van der Waals surface area contributed by atoms with Crippen molar-refractivity contribution in [2.45, 2.75) is 6.42 Å². The Bertz CT molecular complexity index is 879. The van der Waals surface area contributed by atoms with Crippen LogP contribution in [-0.4, -0.2) is 27.0 Å². The minimum Gasteiger partial charge on any atom is -0.370 e. The Morgan fingerprint density at radius 2 is 2.17 bits per heavy atom. The topological polar surface area (TPSA) is 85.3 Å². The van der Waals surface area contributed by atoms with Crippen molar-refractivity contribution >= 4 is 33.3 Å². The first-order valence-electron chi connectivity index (χ1n) is 6.87. The van der Waals surface area contributed by atoms with Crippen molar-refractivity contribution in [2.24, 2.45) is 5.73 Å². The molecule has 0 radical (unpaired) electrons. The molecular formula is C15H13BrFN5O. The molecule has 8 heteroatoms. The van der Waals surface area contributed by atoms with Crippen LogP contribution in [0.3, 0.4) is 0 Å². The summed E-state index contributed by atoms with van der Waals surface area (Å²) in [5.74, 6) is -0.165. The maximum absolute atomic E-state index is 14.0. The number of rotatable bonds is 5. The molecule has 6 nitrogen and oxygen atoms in total. The second kappa shape index (κ2) is 6.33. The molecule has 0 saturated carbocycles. The first kappa shape index (κ1) is 15.4. The molecule has 0 aliphatic heterocycles. The minimum absolute atomic E-state index is 0.182. The normalized spacial score (nSPS) is 10.9. The lowest BCUT2D eigenvalue weighted by Crippen LogP contribution is -2.17. The molecule has 0 spiro atoms. The van der Waals surface area contributed by atoms with Gasteiger partial charge in [0, 0.05) is 24.6 Å². The first-order valence-corrected chi connectivity index (χ1v) is 7.67. The van der Waals surface area contributed by atoms with Gasteiger partial charge in [-0.2, -0.15) is 9.61 Å². The van der Waals surface area contributed by atoms with Gasteiger partial charge in [-0.05, 0) is 28.1 Å². The molecule has 2 heterocycles. The van der Waals surface area contributed by atoms with Gasteiger partial charge in [-0.3, -0.25) is 4.79 Å². The average Bonchev–Trinajstić information content (AvgIpc) is 2.89. The molecule has 1 aromatic carbocycles. The second-order valence-corrected chi connectivity index (χ2v) is 5.73. The lowest BCUT2D eigenvalue weighted by molar-refractivity contribution is -0.117. The van der Waals surface area contributed by atoms with Gasteiger partial charge in [0.2, 0.25) is 5.91 Å². The van der Waals surface area contributed by atoms with Gasteiger partial charge in [0.1, 0.15) is 11.6 Å². The van der Waals surface area contributed by atoms with Gasteiger partial charge in [0.05, 0.1) is 16.4 Å². The minimum atomic E-state index is -0.404. The van der Waals surface area contributed by atoms with Gasteiger partial charge >= 0.3 is 0 Å². The second-order valence-electron chi connectivity index (χ2n) is 4.88. The van der Waals surface area contributed by atoms with Crippen molar-refractivity contribution in [3.8, 4) is 11.3 Å². The number of nitrogens with zero attached hydrogens (tertiary/aromatic N) is 3. The van der Waals surface area contributed by atoms with Gasteiger partial charge < -0.3 is 11.1 Å². The number of anilines is 1. The number of halogens is 2. The first-order chi connectivity index (χ1) is 11.1. The summed E-state index contributed by atoms with van der Waals surface area (Å²) in [5.41, 5.74) is 6.55. The Kier molecular flexibility index (Phi) is 4.24. The van der Waals surface area contributed by atoms with Gasteiger partial charge in [0.15, 0.2) is 5.65 Å². The van der Waals surface area contributed by atoms with Crippen molar-refractivity contribution in [1.82, 2.24) is 14.6 Å². The lowest BCUT2D eigenvalue weighted by atomic mass is 10.1. The Balaban J connectivity index is 2.07. The molecule has 0 fully saturated rings. The number of benzene rings is 1. The zero-order chi connectivity index (χ0) is 16.4. The van der Waals surface area contributed by atoms with Crippen LogP contribution in [-0.2, 0) is 4.79 Å². The third kappa shape index (κ3) is 3.16. The number of amides is 1. The van der Waals surface area contributed by atoms with E-state index >= 15 is 0 Å². The third-order valence-corrected chi connectivity index (χ3v) is 3.82. The van der Waals surface area contributed by atoms with E-state index in [2.05, 4.69) is 31.3 Å². The molecule has 0 saturated heterocycles. The van der Waals surface area contributed by atoms with Crippen LogP contribution < -0.4 is 11.1 Å². The van der Waals surface area contributed by atoms with Gasteiger partial charge in [-0.1, -0.05) is 12.1 Å². The summed E-state index contributed by atoms with van der Waals surface area (Å²) >= 11 is 3.38. The molecule has 118 valence electrons. The van der Waals surface area contributed by atoms with Crippen LogP contribution in [0.25, 0.3) is 16.9 Å². The standard InChI is InChI=1S/C15H13BrFN5O/c16-10-8-20-22-14(19-6-5-13(18)23)7-12(21-15(10)22)9-3-1-2-4-11(9)17/h1-4,7-8,19H,5-6H2,(H2,18,23). The van der Waals surface area contributed by atoms with Crippen molar-refractivity contribution in [3.63, 3.8) is 0 Å². The number of fused-ring (bicyclic) bond motifs is 1. The molecule has 23 heavy (non-hydrogen) atoms. The molecule has 1 amide bonds. The maximum atomic E-state index is 14.0. The molecule has 3 rings (SSSR count). The highest BCUT2D eigenvalue weighted by atomic mass is 79.9. The highest BCUT2D eigenvalue weighted by Crippen LogP contribution is 2.27. The van der Waals surface area contributed by atoms with Crippen LogP contribution >= 0.6 is 15.9 Å². The van der Waals surface area contributed by atoms with E-state index in [0.717, 1.165) is 0 Å². The van der Waals surface area contributed by atoms with Crippen LogP contribution in [0.4, 0.5) is 10.2 Å². The zero-order valence-electron chi connectivity index (χ0n) is 12.0. The number of primary amides is 1. The summed E-state index contributed by atoms with van der Waals surface area (Å²) in [4.78, 5) is 15.3. The van der Waals surface area contributed by atoms with E-state index in [9.17, 15) is 9.18 Å². The van der Waals surface area contributed by atoms with Crippen molar-refractivity contribution < 1.29 is 9.18 Å². The number of carbonyl (C=O) groups excluding carboxylic acids is 1. The number of aromatic nitrogens is 3. The summed E-state index contributed by atoms with van der Waals surface area (Å²) in [6.07, 6.45) is 1.79. The van der Waals surface area contributed by atoms with Crippen LogP contribution in [0.1, 0.15) is 6.42 Å². The van der Waals surface area contributed by atoms with Gasteiger partial charge in [-0.15, -0.1) is 0 Å². The predicted molar refractivity (Wildman–Crippen MR) is 88.4 cm³/mol. The van der Waals surface area contributed by atoms with Crippen LogP contribution in [0.5, 0.6) is 0 Å². The molecule has 0 bridgehead atoms. The predicted octanol–water partition coefficient (Wildman–Crippen LogP) is 2.59. The zero-order valence-corrected chi connectivity index (χ0v) is 13.5. The number of hydrogen-bond acceptors (Lipinski definition) is 4. The molecule has 3 N–H and O–H groups in total. The summed E-state index contributed by atoms with van der Waals surface area (Å²) in [6, 6.07) is 8.10. The highest BCUT2D eigenvalue weighted by molar-refractivity contribution is 9.10. The van der Waals surface area contributed by atoms with E-state index in [4.69, 9.17) is 5.73 Å². The summed E-state index contributed by atoms with van der Waals surface area (Å²) in [5, 5.41) is 7.29. The molecule has 3 aromatic rings. The smallest absolute Gasteiger partial charge is 0.219 e. The highest BCUT2D eigenvalue weighted by Gasteiger charge is 2.13. The quantitative estimate of drug-likeness (QED) is 0.715. The van der Waals surface area contributed by atoms with Crippen LogP contribution in [0.15, 0.2) is 41.0 Å². The Hall–Kier alpha value is -2.48. The van der Waals surface area contributed by atoms with Crippen LogP contribution in [0, 0.1) is 5.82 Å². The van der Waals surface area contributed by atoms with E-state index in [0.29, 0.717) is 33.7 Å². The van der Waals surface area contributed by atoms with E-state index in [1.54, 1.807) is 35.0 Å². The molecule has 0 atom stereocenters. The molecule has 0 aliphatic carbocycles. The number of carbonyl (C=O) groups is 1. The van der Waals surface area contributed by atoms with Crippen molar-refractivity contribution in [3.05, 3.63) is 46.8 Å². The number of nitrogens with two attached hydrogens (primary N) is 1. The largest absolute Gasteiger partial charge is 0.370 e. The van der Waals surface area contributed by atoms with Crippen LogP contribution in [0.2, 0.25) is 0 Å². The van der Waals surface area contributed by atoms with Gasteiger partial charge in [0.25, 0.3) is 0 Å². The fourth-order valence-electron chi connectivity index (χ4n) is 2.18. The number of nitrogens with one attached hydrogen (secondary N) is 1. The maximum Gasteiger partial charge on any atom is 0.219 e. The Labute approximate surface area is 139 Å². The van der Waals surface area contributed by atoms with E-state index in [-0.39, 0.29) is 12.2 Å². The van der Waals surface area contributed by atoms with E-state index < -0.39 is 5.91 Å². The monoisotopic (exact) mass is 377 g/mol.